The summed E-state index contributed by atoms with van der Waals surface area (Å²) in [6.07, 6.45) is 2.59. The van der Waals surface area contributed by atoms with Crippen molar-refractivity contribution in [3.05, 3.63) is 11.4 Å². The standard InChI is InChI=1S/C14H26N4/c1-10(13-6-8-17(4)9-7-13)15-14-11(2)16-18(5)12(14)3/h10,13,15H,6-9H2,1-5H3. The molecule has 4 nitrogen and oxygen atoms in total. The Kier molecular flexibility index (Phi) is 3.95. The molecule has 1 aromatic heterocycles. The molecule has 1 fully saturated rings. The lowest BCUT2D eigenvalue weighted by Crippen LogP contribution is -2.37. The number of aryl methyl sites for hydroxylation is 2. The van der Waals surface area contributed by atoms with Gasteiger partial charge in [0, 0.05) is 13.1 Å². The molecule has 0 saturated carbocycles. The predicted molar refractivity (Wildman–Crippen MR) is 76.0 cm³/mol. The second-order valence-corrected chi connectivity index (χ2v) is 5.74. The highest BCUT2D eigenvalue weighted by Crippen LogP contribution is 2.25. The Hall–Kier alpha value is -1.03. The highest BCUT2D eigenvalue weighted by Gasteiger charge is 2.23. The first-order valence-electron chi connectivity index (χ1n) is 6.94. The summed E-state index contributed by atoms with van der Waals surface area (Å²) in [5.74, 6) is 0.778. The van der Waals surface area contributed by atoms with Crippen LogP contribution >= 0.6 is 0 Å². The number of nitrogens with one attached hydrogen (secondary N) is 1. The summed E-state index contributed by atoms with van der Waals surface area (Å²) in [4.78, 5) is 2.42. The van der Waals surface area contributed by atoms with Crippen molar-refractivity contribution in [2.24, 2.45) is 13.0 Å². The third-order valence-electron chi connectivity index (χ3n) is 4.35. The number of hydrogen-bond acceptors (Lipinski definition) is 3. The van der Waals surface area contributed by atoms with Gasteiger partial charge in [-0.15, -0.1) is 0 Å². The zero-order valence-corrected chi connectivity index (χ0v) is 12.3. The topological polar surface area (TPSA) is 33.1 Å². The Morgan fingerprint density at radius 2 is 1.83 bits per heavy atom. The smallest absolute Gasteiger partial charge is 0.0827 e. The van der Waals surface area contributed by atoms with Crippen LogP contribution in [0.5, 0.6) is 0 Å². The first kappa shape index (κ1) is 13.4. The van der Waals surface area contributed by atoms with Crippen molar-refractivity contribution < 1.29 is 0 Å². The lowest BCUT2D eigenvalue weighted by atomic mass is 9.90. The number of rotatable bonds is 3. The fourth-order valence-corrected chi connectivity index (χ4v) is 2.86. The lowest BCUT2D eigenvalue weighted by molar-refractivity contribution is 0.208. The average molecular weight is 250 g/mol. The SMILES string of the molecule is Cc1nn(C)c(C)c1NC(C)C1CCN(C)CC1. The van der Waals surface area contributed by atoms with Crippen LogP contribution in [0.1, 0.15) is 31.2 Å². The Labute approximate surface area is 110 Å². The summed E-state index contributed by atoms with van der Waals surface area (Å²) < 4.78 is 1.96. The molecule has 1 aromatic rings. The van der Waals surface area contributed by atoms with Crippen molar-refractivity contribution in [2.45, 2.75) is 39.7 Å². The first-order valence-corrected chi connectivity index (χ1v) is 6.94. The zero-order chi connectivity index (χ0) is 13.3. The molecule has 102 valence electrons. The van der Waals surface area contributed by atoms with Crippen molar-refractivity contribution in [1.82, 2.24) is 14.7 Å². The summed E-state index contributed by atoms with van der Waals surface area (Å²) in [6, 6.07) is 0.528. The number of anilines is 1. The van der Waals surface area contributed by atoms with Crippen LogP contribution in [0.15, 0.2) is 0 Å². The summed E-state index contributed by atoms with van der Waals surface area (Å²) in [6.45, 7) is 8.96. The third kappa shape index (κ3) is 2.69. The quantitative estimate of drug-likeness (QED) is 0.892. The molecule has 1 aliphatic rings. The van der Waals surface area contributed by atoms with Crippen LogP contribution in [-0.4, -0.2) is 40.9 Å². The Morgan fingerprint density at radius 3 is 2.33 bits per heavy atom. The van der Waals surface area contributed by atoms with Crippen LogP contribution in [0.25, 0.3) is 0 Å². The summed E-state index contributed by atoms with van der Waals surface area (Å²) >= 11 is 0. The van der Waals surface area contributed by atoms with Gasteiger partial charge in [0.25, 0.3) is 0 Å². The van der Waals surface area contributed by atoms with E-state index in [1.54, 1.807) is 0 Å². The molecular weight excluding hydrogens is 224 g/mol. The molecule has 1 atom stereocenters. The van der Waals surface area contributed by atoms with E-state index in [0.717, 1.165) is 11.6 Å². The van der Waals surface area contributed by atoms with Crippen LogP contribution in [0.4, 0.5) is 5.69 Å². The van der Waals surface area contributed by atoms with Gasteiger partial charge in [-0.1, -0.05) is 0 Å². The minimum atomic E-state index is 0.528. The van der Waals surface area contributed by atoms with Crippen molar-refractivity contribution >= 4 is 5.69 Å². The molecule has 1 unspecified atom stereocenters. The van der Waals surface area contributed by atoms with Crippen LogP contribution in [0.3, 0.4) is 0 Å². The van der Waals surface area contributed by atoms with Crippen molar-refractivity contribution in [2.75, 3.05) is 25.5 Å². The molecule has 0 spiro atoms. The maximum absolute atomic E-state index is 4.47. The zero-order valence-electron chi connectivity index (χ0n) is 12.3. The molecule has 0 aromatic carbocycles. The maximum Gasteiger partial charge on any atom is 0.0827 e. The fourth-order valence-electron chi connectivity index (χ4n) is 2.86. The lowest BCUT2D eigenvalue weighted by Gasteiger charge is -2.33. The van der Waals surface area contributed by atoms with Gasteiger partial charge in [0.05, 0.1) is 17.1 Å². The van der Waals surface area contributed by atoms with Gasteiger partial charge < -0.3 is 10.2 Å². The van der Waals surface area contributed by atoms with E-state index >= 15 is 0 Å². The summed E-state index contributed by atoms with van der Waals surface area (Å²) in [5.41, 5.74) is 3.56. The first-order chi connectivity index (χ1) is 8.49. The molecule has 1 aliphatic heterocycles. The largest absolute Gasteiger partial charge is 0.379 e. The van der Waals surface area contributed by atoms with E-state index in [1.165, 1.54) is 37.3 Å². The van der Waals surface area contributed by atoms with Gasteiger partial charge in [-0.2, -0.15) is 5.10 Å². The van der Waals surface area contributed by atoms with Gasteiger partial charge in [-0.3, -0.25) is 4.68 Å². The molecule has 4 heteroatoms. The van der Waals surface area contributed by atoms with E-state index in [-0.39, 0.29) is 0 Å². The van der Waals surface area contributed by atoms with E-state index in [0.29, 0.717) is 6.04 Å². The minimum absolute atomic E-state index is 0.528. The van der Waals surface area contributed by atoms with Crippen molar-refractivity contribution in [1.29, 1.82) is 0 Å². The van der Waals surface area contributed by atoms with E-state index in [9.17, 15) is 0 Å². The third-order valence-corrected chi connectivity index (χ3v) is 4.35. The molecule has 1 saturated heterocycles. The van der Waals surface area contributed by atoms with Crippen molar-refractivity contribution in [3.63, 3.8) is 0 Å². The van der Waals surface area contributed by atoms with Gasteiger partial charge in [-0.05, 0) is 59.7 Å². The van der Waals surface area contributed by atoms with Crippen LogP contribution in [-0.2, 0) is 7.05 Å². The van der Waals surface area contributed by atoms with Gasteiger partial charge >= 0.3 is 0 Å². The average Bonchev–Trinajstić information content (AvgIpc) is 2.57. The molecular formula is C14H26N4. The summed E-state index contributed by atoms with van der Waals surface area (Å²) in [5, 5.41) is 8.15. The Morgan fingerprint density at radius 1 is 1.22 bits per heavy atom. The molecule has 0 radical (unpaired) electrons. The van der Waals surface area contributed by atoms with E-state index < -0.39 is 0 Å². The highest BCUT2D eigenvalue weighted by molar-refractivity contribution is 5.52. The number of hydrogen-bond donors (Lipinski definition) is 1. The molecule has 2 rings (SSSR count). The maximum atomic E-state index is 4.47. The minimum Gasteiger partial charge on any atom is -0.379 e. The highest BCUT2D eigenvalue weighted by atomic mass is 15.3. The van der Waals surface area contributed by atoms with Crippen LogP contribution < -0.4 is 5.32 Å². The fraction of sp³-hybridized carbons (Fsp3) is 0.786. The molecule has 0 aliphatic carbocycles. The van der Waals surface area contributed by atoms with E-state index in [1.807, 2.05) is 11.7 Å². The van der Waals surface area contributed by atoms with E-state index in [2.05, 4.69) is 43.1 Å². The van der Waals surface area contributed by atoms with Gasteiger partial charge in [0.1, 0.15) is 0 Å². The van der Waals surface area contributed by atoms with Crippen LogP contribution in [0.2, 0.25) is 0 Å². The van der Waals surface area contributed by atoms with Crippen LogP contribution in [0, 0.1) is 19.8 Å². The predicted octanol–water partition coefficient (Wildman–Crippen LogP) is 2.18. The Balaban J connectivity index is 2.00. The molecule has 0 amide bonds. The Bertz CT molecular complexity index is 402. The van der Waals surface area contributed by atoms with Gasteiger partial charge in [-0.25, -0.2) is 0 Å². The molecule has 2 heterocycles. The number of piperidine rings is 1. The number of likely N-dealkylation sites (tertiary alicyclic amines) is 1. The summed E-state index contributed by atoms with van der Waals surface area (Å²) in [7, 11) is 4.22. The van der Waals surface area contributed by atoms with Crippen molar-refractivity contribution in [3.8, 4) is 0 Å². The van der Waals surface area contributed by atoms with Gasteiger partial charge in [0.2, 0.25) is 0 Å². The monoisotopic (exact) mass is 250 g/mol. The molecule has 0 bridgehead atoms. The second-order valence-electron chi connectivity index (χ2n) is 5.74. The normalized spacial score (nSPS) is 20.1. The van der Waals surface area contributed by atoms with E-state index in [4.69, 9.17) is 0 Å². The second kappa shape index (κ2) is 5.31. The number of nitrogens with zero attached hydrogens (tertiary/aromatic N) is 3. The molecule has 1 N–H and O–H groups in total. The molecule has 18 heavy (non-hydrogen) atoms. The van der Waals surface area contributed by atoms with Gasteiger partial charge in [0.15, 0.2) is 0 Å². The number of aromatic nitrogens is 2.